The van der Waals surface area contributed by atoms with Crippen LogP contribution in [0.15, 0.2) is 30.3 Å². The number of aromatic nitrogens is 1. The number of nitrogen functional groups attached to an aromatic ring is 2. The van der Waals surface area contributed by atoms with Crippen molar-refractivity contribution in [1.82, 2.24) is 4.98 Å². The predicted molar refractivity (Wildman–Crippen MR) is 80.5 cm³/mol. The summed E-state index contributed by atoms with van der Waals surface area (Å²) in [5, 5.41) is 3.85. The Kier molecular flexibility index (Phi) is 3.58. The van der Waals surface area contributed by atoms with Gasteiger partial charge in [-0.15, -0.1) is 0 Å². The third kappa shape index (κ3) is 2.92. The van der Waals surface area contributed by atoms with E-state index < -0.39 is 0 Å². The highest BCUT2D eigenvalue weighted by molar-refractivity contribution is 14.1. The summed E-state index contributed by atoms with van der Waals surface area (Å²) in [6.45, 7) is 0. The SMILES string of the molecule is Nc1ccc(Nc2ccc(Cl)cc2I)nc1N. The van der Waals surface area contributed by atoms with Gasteiger partial charge in [0.2, 0.25) is 0 Å². The fourth-order valence-corrected chi connectivity index (χ4v) is 2.29. The fraction of sp³-hybridized carbons (Fsp3) is 0. The van der Waals surface area contributed by atoms with Crippen LogP contribution in [0.1, 0.15) is 0 Å². The van der Waals surface area contributed by atoms with Gasteiger partial charge in [0.1, 0.15) is 11.6 Å². The Morgan fingerprint density at radius 1 is 1.18 bits per heavy atom. The van der Waals surface area contributed by atoms with Crippen LogP contribution in [0.3, 0.4) is 0 Å². The zero-order chi connectivity index (χ0) is 12.4. The molecule has 17 heavy (non-hydrogen) atoms. The Morgan fingerprint density at radius 2 is 1.94 bits per heavy atom. The number of benzene rings is 1. The minimum atomic E-state index is 0.318. The van der Waals surface area contributed by atoms with Gasteiger partial charge in [-0.05, 0) is 52.9 Å². The molecule has 0 aliphatic carbocycles. The van der Waals surface area contributed by atoms with Crippen molar-refractivity contribution in [1.29, 1.82) is 0 Å². The first kappa shape index (κ1) is 12.3. The van der Waals surface area contributed by atoms with Gasteiger partial charge in [0, 0.05) is 8.59 Å². The van der Waals surface area contributed by atoms with E-state index >= 15 is 0 Å². The monoisotopic (exact) mass is 360 g/mol. The largest absolute Gasteiger partial charge is 0.396 e. The molecule has 0 unspecified atom stereocenters. The molecule has 1 aromatic carbocycles. The van der Waals surface area contributed by atoms with Gasteiger partial charge < -0.3 is 16.8 Å². The van der Waals surface area contributed by atoms with Crippen molar-refractivity contribution in [3.05, 3.63) is 38.9 Å². The lowest BCUT2D eigenvalue weighted by molar-refractivity contribution is 1.31. The molecule has 2 rings (SSSR count). The van der Waals surface area contributed by atoms with Crippen LogP contribution in [0, 0.1) is 3.57 Å². The van der Waals surface area contributed by atoms with Gasteiger partial charge in [-0.25, -0.2) is 4.98 Å². The van der Waals surface area contributed by atoms with E-state index in [4.69, 9.17) is 23.1 Å². The number of anilines is 4. The molecule has 1 heterocycles. The molecule has 88 valence electrons. The molecule has 0 aliphatic rings. The first-order chi connectivity index (χ1) is 8.06. The Balaban J connectivity index is 2.28. The van der Waals surface area contributed by atoms with Crippen molar-refractivity contribution in [3.63, 3.8) is 0 Å². The lowest BCUT2D eigenvalue weighted by Gasteiger charge is -2.09. The molecule has 0 bridgehead atoms. The summed E-state index contributed by atoms with van der Waals surface area (Å²) in [5.74, 6) is 0.968. The summed E-state index contributed by atoms with van der Waals surface area (Å²) in [4.78, 5) is 4.14. The maximum Gasteiger partial charge on any atom is 0.149 e. The topological polar surface area (TPSA) is 77.0 Å². The van der Waals surface area contributed by atoms with Gasteiger partial charge in [0.25, 0.3) is 0 Å². The van der Waals surface area contributed by atoms with E-state index in [1.807, 2.05) is 18.2 Å². The normalized spacial score (nSPS) is 10.2. The molecular weight excluding hydrogens is 351 g/mol. The average Bonchev–Trinajstić information content (AvgIpc) is 2.27. The van der Waals surface area contributed by atoms with Crippen molar-refractivity contribution >= 4 is 57.2 Å². The molecule has 0 saturated carbocycles. The molecule has 1 aromatic heterocycles. The van der Waals surface area contributed by atoms with Crippen molar-refractivity contribution in [2.75, 3.05) is 16.8 Å². The van der Waals surface area contributed by atoms with E-state index in [0.717, 1.165) is 9.26 Å². The third-order valence-corrected chi connectivity index (χ3v) is 3.28. The molecule has 0 fully saturated rings. The Bertz CT molecular complexity index is 559. The number of nitrogens with two attached hydrogens (primary N) is 2. The highest BCUT2D eigenvalue weighted by atomic mass is 127. The van der Waals surface area contributed by atoms with E-state index in [9.17, 15) is 0 Å². The van der Waals surface area contributed by atoms with Crippen LogP contribution >= 0.6 is 34.2 Å². The lowest BCUT2D eigenvalue weighted by atomic mass is 10.3. The number of halogens is 2. The van der Waals surface area contributed by atoms with E-state index in [1.165, 1.54) is 0 Å². The van der Waals surface area contributed by atoms with Gasteiger partial charge in [0.15, 0.2) is 0 Å². The Hall–Kier alpha value is -1.21. The molecule has 0 atom stereocenters. The van der Waals surface area contributed by atoms with Crippen LogP contribution in [-0.2, 0) is 0 Å². The summed E-state index contributed by atoms with van der Waals surface area (Å²) in [6, 6.07) is 9.06. The Morgan fingerprint density at radius 3 is 2.59 bits per heavy atom. The van der Waals surface area contributed by atoms with Gasteiger partial charge >= 0.3 is 0 Å². The summed E-state index contributed by atoms with van der Waals surface area (Å²) in [7, 11) is 0. The Labute approximate surface area is 118 Å². The summed E-state index contributed by atoms with van der Waals surface area (Å²) in [5.41, 5.74) is 12.6. The van der Waals surface area contributed by atoms with E-state index in [1.54, 1.807) is 12.1 Å². The first-order valence-electron chi connectivity index (χ1n) is 4.80. The molecular formula is C11H10ClIN4. The zero-order valence-electron chi connectivity index (χ0n) is 8.74. The maximum atomic E-state index is 5.88. The molecule has 4 nitrogen and oxygen atoms in total. The molecule has 0 radical (unpaired) electrons. The number of nitrogens with zero attached hydrogens (tertiary/aromatic N) is 1. The van der Waals surface area contributed by atoms with Gasteiger partial charge in [-0.1, -0.05) is 11.6 Å². The van der Waals surface area contributed by atoms with Gasteiger partial charge in [-0.3, -0.25) is 0 Å². The van der Waals surface area contributed by atoms with E-state index in [2.05, 4.69) is 32.9 Å². The van der Waals surface area contributed by atoms with Crippen molar-refractivity contribution in [3.8, 4) is 0 Å². The quantitative estimate of drug-likeness (QED) is 0.719. The third-order valence-electron chi connectivity index (χ3n) is 2.15. The summed E-state index contributed by atoms with van der Waals surface area (Å²) >= 11 is 8.08. The van der Waals surface area contributed by atoms with Crippen molar-refractivity contribution < 1.29 is 0 Å². The number of nitrogens with one attached hydrogen (secondary N) is 1. The molecule has 0 spiro atoms. The molecule has 2 aromatic rings. The molecule has 0 amide bonds. The highest BCUT2D eigenvalue weighted by Gasteiger charge is 2.03. The predicted octanol–water partition coefficient (Wildman–Crippen LogP) is 3.25. The van der Waals surface area contributed by atoms with Crippen LogP contribution in [0.4, 0.5) is 23.0 Å². The number of hydrogen-bond acceptors (Lipinski definition) is 4. The van der Waals surface area contributed by atoms with Crippen LogP contribution < -0.4 is 16.8 Å². The van der Waals surface area contributed by atoms with Crippen molar-refractivity contribution in [2.24, 2.45) is 0 Å². The number of rotatable bonds is 2. The smallest absolute Gasteiger partial charge is 0.149 e. The minimum Gasteiger partial charge on any atom is -0.396 e. The van der Waals surface area contributed by atoms with E-state index in [-0.39, 0.29) is 0 Å². The second-order valence-corrected chi connectivity index (χ2v) is 5.02. The second-order valence-electron chi connectivity index (χ2n) is 3.42. The molecule has 0 aliphatic heterocycles. The van der Waals surface area contributed by atoms with Gasteiger partial charge in [0.05, 0.1) is 11.4 Å². The fourth-order valence-electron chi connectivity index (χ4n) is 1.28. The maximum absolute atomic E-state index is 5.88. The molecule has 5 N–H and O–H groups in total. The van der Waals surface area contributed by atoms with Crippen LogP contribution in [-0.4, -0.2) is 4.98 Å². The molecule has 6 heteroatoms. The van der Waals surface area contributed by atoms with Crippen LogP contribution in [0.25, 0.3) is 0 Å². The highest BCUT2D eigenvalue weighted by Crippen LogP contribution is 2.25. The standard InChI is InChI=1S/C11H10ClIN4/c12-6-1-3-9(7(13)5-6)16-10-4-2-8(14)11(15)17-10/h1-5H,14H2,(H3,15,16,17). The van der Waals surface area contributed by atoms with Crippen LogP contribution in [0.5, 0.6) is 0 Å². The van der Waals surface area contributed by atoms with Crippen LogP contribution in [0.2, 0.25) is 5.02 Å². The van der Waals surface area contributed by atoms with Crippen molar-refractivity contribution in [2.45, 2.75) is 0 Å². The first-order valence-corrected chi connectivity index (χ1v) is 6.26. The zero-order valence-corrected chi connectivity index (χ0v) is 11.7. The number of hydrogen-bond donors (Lipinski definition) is 3. The summed E-state index contributed by atoms with van der Waals surface area (Å²) in [6.07, 6.45) is 0. The summed E-state index contributed by atoms with van der Waals surface area (Å²) < 4.78 is 1.01. The van der Waals surface area contributed by atoms with Gasteiger partial charge in [-0.2, -0.15) is 0 Å². The number of pyridine rings is 1. The van der Waals surface area contributed by atoms with E-state index in [0.29, 0.717) is 22.3 Å². The second kappa shape index (κ2) is 4.97. The lowest BCUT2D eigenvalue weighted by Crippen LogP contribution is -2.01. The molecule has 0 saturated heterocycles. The minimum absolute atomic E-state index is 0.318. The average molecular weight is 361 g/mol.